The first-order valence-corrected chi connectivity index (χ1v) is 26.7. The second kappa shape index (κ2) is 20.3. The van der Waals surface area contributed by atoms with Gasteiger partial charge in [-0.25, -0.2) is 8.42 Å². The summed E-state index contributed by atoms with van der Waals surface area (Å²) in [5, 5.41) is 0. The lowest BCUT2D eigenvalue weighted by Gasteiger charge is -2.48. The van der Waals surface area contributed by atoms with E-state index in [1.807, 2.05) is 59.9 Å². The quantitative estimate of drug-likeness (QED) is 0.0522. The van der Waals surface area contributed by atoms with Crippen molar-refractivity contribution in [3.8, 4) is 0 Å². The summed E-state index contributed by atoms with van der Waals surface area (Å²) in [5.41, 5.74) is 0.964. The molecule has 0 aliphatic rings. The van der Waals surface area contributed by atoms with Crippen LogP contribution in [0.3, 0.4) is 0 Å². The van der Waals surface area contributed by atoms with Gasteiger partial charge in [0.05, 0.1) is 9.79 Å². The molecule has 0 N–H and O–H groups in total. The van der Waals surface area contributed by atoms with Gasteiger partial charge in [-0.05, 0) is 164 Å². The number of thioether (sulfide) groups is 2. The van der Waals surface area contributed by atoms with Gasteiger partial charge in [-0.1, -0.05) is 89.0 Å². The van der Waals surface area contributed by atoms with Crippen LogP contribution in [0.1, 0.15) is 66.4 Å². The molecule has 2 nitrogen and oxygen atoms in total. The van der Waals surface area contributed by atoms with E-state index in [4.69, 9.17) is 0 Å². The van der Waals surface area contributed by atoms with Gasteiger partial charge < -0.3 is 0 Å². The third-order valence-electron chi connectivity index (χ3n) is 11.0. The van der Waals surface area contributed by atoms with Gasteiger partial charge in [0, 0.05) is 59.0 Å². The fraction of sp³-hybridized carbons (Fsp3) is 0.265. The van der Waals surface area contributed by atoms with Gasteiger partial charge in [0.1, 0.15) is 0 Å². The molecule has 59 heavy (non-hydrogen) atoms. The van der Waals surface area contributed by atoms with Crippen LogP contribution in [-0.2, 0) is 15.3 Å². The second-order valence-electron chi connectivity index (χ2n) is 15.3. The Morgan fingerprint density at radius 2 is 0.797 bits per heavy atom. The van der Waals surface area contributed by atoms with E-state index in [9.17, 15) is 8.42 Å². The molecule has 308 valence electrons. The molecule has 2 unspecified atom stereocenters. The van der Waals surface area contributed by atoms with Crippen LogP contribution in [0.4, 0.5) is 0 Å². The van der Waals surface area contributed by atoms with E-state index in [0.29, 0.717) is 9.79 Å². The predicted octanol–water partition coefficient (Wildman–Crippen LogP) is 16.0. The van der Waals surface area contributed by atoms with Gasteiger partial charge in [-0.3, -0.25) is 0 Å². The number of hydrogen-bond acceptors (Lipinski definition) is 8. The zero-order valence-electron chi connectivity index (χ0n) is 34.5. The molecule has 0 saturated carbocycles. The van der Waals surface area contributed by atoms with E-state index in [2.05, 4.69) is 148 Å². The van der Waals surface area contributed by atoms with Crippen molar-refractivity contribution in [2.75, 3.05) is 6.16 Å². The summed E-state index contributed by atoms with van der Waals surface area (Å²) in [4.78, 5) is 11.0. The Morgan fingerprint density at radius 1 is 0.475 bits per heavy atom. The maximum atomic E-state index is 13.9. The summed E-state index contributed by atoms with van der Waals surface area (Å²) in [5.74, 6) is 0. The topological polar surface area (TPSA) is 34.1 Å². The number of sulfone groups is 1. The van der Waals surface area contributed by atoms with Crippen molar-refractivity contribution in [3.63, 3.8) is 0 Å². The van der Waals surface area contributed by atoms with Gasteiger partial charge in [-0.15, -0.1) is 45.4 Å². The molecule has 0 fully saturated rings. The van der Waals surface area contributed by atoms with Crippen molar-refractivity contribution in [2.45, 2.75) is 130 Å². The van der Waals surface area contributed by atoms with Crippen LogP contribution in [0.2, 0.25) is 0 Å². The van der Waals surface area contributed by atoms with Crippen molar-refractivity contribution < 1.29 is 8.42 Å². The molecule has 0 saturated heterocycles. The Balaban J connectivity index is 1.10. The minimum atomic E-state index is -3.70. The average molecular weight is 929 g/mol. The Hall–Kier alpha value is -2.20. The van der Waals surface area contributed by atoms with Crippen LogP contribution in [0.25, 0.3) is 0 Å². The number of rotatable bonds is 18. The zero-order chi connectivity index (χ0) is 42.3. The first-order valence-electron chi connectivity index (χ1n) is 19.9. The number of hydrogen-bond donors (Lipinski definition) is 1. The molecule has 6 aromatic carbocycles. The van der Waals surface area contributed by atoms with Crippen molar-refractivity contribution >= 4 is 90.5 Å². The predicted molar refractivity (Wildman–Crippen MR) is 265 cm³/mol. The molecule has 2 atom stereocenters. The fourth-order valence-electron chi connectivity index (χ4n) is 7.14. The summed E-state index contributed by atoms with van der Waals surface area (Å²) >= 11 is 13.4. The van der Waals surface area contributed by atoms with E-state index in [-0.39, 0.29) is 14.9 Å². The summed E-state index contributed by atoms with van der Waals surface area (Å²) in [6, 6.07) is 49.4. The van der Waals surface area contributed by atoms with Gasteiger partial charge in [0.2, 0.25) is 9.84 Å². The summed E-state index contributed by atoms with van der Waals surface area (Å²) in [7, 11) is -0.850. The summed E-state index contributed by atoms with van der Waals surface area (Å²) in [6.07, 6.45) is 3.92. The minimum Gasteiger partial charge on any atom is -0.219 e. The Labute approximate surface area is 382 Å². The largest absolute Gasteiger partial charge is 0.219 e. The zero-order valence-corrected chi connectivity index (χ0v) is 41.4. The highest BCUT2D eigenvalue weighted by Gasteiger charge is 2.46. The van der Waals surface area contributed by atoms with Crippen LogP contribution < -0.4 is 0 Å². The van der Waals surface area contributed by atoms with Gasteiger partial charge in [-0.2, -0.15) is 0 Å². The molecule has 10 heteroatoms. The normalized spacial score (nSPS) is 13.3. The van der Waals surface area contributed by atoms with Crippen molar-refractivity contribution in [1.29, 1.82) is 0 Å². The first kappa shape index (κ1) is 46.3. The monoisotopic (exact) mass is 928 g/mol. The highest BCUT2D eigenvalue weighted by Crippen LogP contribution is 2.54. The molecule has 0 aliphatic carbocycles. The van der Waals surface area contributed by atoms with E-state index in [1.54, 1.807) is 59.6 Å². The third kappa shape index (κ3) is 11.4. The van der Waals surface area contributed by atoms with Crippen LogP contribution in [0, 0.1) is 0 Å². The molecule has 0 bridgehead atoms. The lowest BCUT2D eigenvalue weighted by molar-refractivity contribution is 0.303. The maximum Gasteiger partial charge on any atom is 0.206 e. The van der Waals surface area contributed by atoms with E-state index < -0.39 is 9.84 Å². The highest BCUT2D eigenvalue weighted by atomic mass is 32.2. The van der Waals surface area contributed by atoms with Crippen LogP contribution >= 0.6 is 80.7 Å². The Kier molecular flexibility index (Phi) is 16.0. The molecular formula is C49H53O2PS7. The molecule has 0 amide bonds. The summed E-state index contributed by atoms with van der Waals surface area (Å²) < 4.78 is 27.9. The molecule has 0 heterocycles. The lowest BCUT2D eigenvalue weighted by Crippen LogP contribution is -2.46. The van der Waals surface area contributed by atoms with Crippen LogP contribution in [-0.4, -0.2) is 24.1 Å². The van der Waals surface area contributed by atoms with E-state index >= 15 is 0 Å². The lowest BCUT2D eigenvalue weighted by atomic mass is 9.67. The molecule has 0 radical (unpaired) electrons. The van der Waals surface area contributed by atoms with Crippen molar-refractivity contribution in [2.24, 2.45) is 0 Å². The standard InChI is InChI=1S/C49H53O2PS7/c1-7-48(6,49(8-2,9-3)58-44-26-22-41(23-27-44)54-37-14-12-36(53)13-15-37)35-10-30-45(31-11-35)59(50,51)46-32-28-42(29-33-46)56-39-18-16-38(17-19-39)55-40-20-24-43(25-21-40)57-47(4,5)34-52/h10-33,53H,7-9,34,52H2,1-6H3. The SMILES string of the molecule is CCC(CC)(Sc1ccc(Sc2ccc(S)cc2)cc1)C(C)(CC)c1ccc(S(=O)(=O)c2ccc(Sc3ccc(Sc4ccc(SC(C)(C)CP)cc4)cc3)cc2)cc1. The smallest absolute Gasteiger partial charge is 0.206 e. The van der Waals surface area contributed by atoms with Crippen molar-refractivity contribution in [3.05, 3.63) is 151 Å². The number of thiol groups is 1. The van der Waals surface area contributed by atoms with Crippen molar-refractivity contribution in [1.82, 2.24) is 0 Å². The highest BCUT2D eigenvalue weighted by molar-refractivity contribution is 8.01. The number of benzene rings is 6. The van der Waals surface area contributed by atoms with Gasteiger partial charge >= 0.3 is 0 Å². The summed E-state index contributed by atoms with van der Waals surface area (Å²) in [6.45, 7) is 13.7. The molecule has 6 aromatic rings. The van der Waals surface area contributed by atoms with Crippen LogP contribution in [0.15, 0.2) is 199 Å². The second-order valence-corrected chi connectivity index (χ2v) is 24.8. The van der Waals surface area contributed by atoms with E-state index in [0.717, 1.165) is 45.7 Å². The molecule has 0 spiro atoms. The molecule has 0 aliphatic heterocycles. The minimum absolute atomic E-state index is 0.0948. The van der Waals surface area contributed by atoms with Gasteiger partial charge in [0.15, 0.2) is 0 Å². The molecule has 6 rings (SSSR count). The third-order valence-corrected chi connectivity index (χ3v) is 20.6. The van der Waals surface area contributed by atoms with Gasteiger partial charge in [0.25, 0.3) is 0 Å². The maximum absolute atomic E-state index is 13.9. The molecule has 0 aromatic heterocycles. The van der Waals surface area contributed by atoms with E-state index in [1.165, 1.54) is 29.4 Å². The Bertz CT molecular complexity index is 2380. The fourth-order valence-corrected chi connectivity index (χ4v) is 13.7. The Morgan fingerprint density at radius 3 is 1.15 bits per heavy atom. The first-order chi connectivity index (χ1) is 28.2. The van der Waals surface area contributed by atoms with Crippen LogP contribution in [0.5, 0.6) is 0 Å². The average Bonchev–Trinajstić information content (AvgIpc) is 3.25. The molecular weight excluding hydrogens is 876 g/mol.